The Morgan fingerprint density at radius 3 is 2.76 bits per heavy atom. The molecule has 3 rings (SSSR count). The molecule has 152 valence electrons. The first-order chi connectivity index (χ1) is 13.7. The molecule has 0 radical (unpaired) electrons. The average Bonchev–Trinajstić information content (AvgIpc) is 3.02. The largest absolute Gasteiger partial charge is 0.500 e. The first-order valence-electron chi connectivity index (χ1n) is 9.29. The highest BCUT2D eigenvalue weighted by atomic mass is 32.1. The third-order valence-corrected chi connectivity index (χ3v) is 6.57. The number of methoxy groups -OCH3 is 1. The van der Waals surface area contributed by atoms with Gasteiger partial charge < -0.3 is 9.84 Å². The monoisotopic (exact) mass is 413 g/mol. The molecule has 0 aliphatic heterocycles. The van der Waals surface area contributed by atoms with Crippen molar-refractivity contribution in [2.24, 2.45) is 16.3 Å². The Morgan fingerprint density at radius 2 is 2.17 bits per heavy atom. The number of nitro groups is 1. The molecular formula is C21H23N3O4S. The van der Waals surface area contributed by atoms with Crippen LogP contribution in [0, 0.1) is 32.8 Å². The van der Waals surface area contributed by atoms with E-state index in [1.165, 1.54) is 41.7 Å². The van der Waals surface area contributed by atoms with E-state index in [1.54, 1.807) is 0 Å². The van der Waals surface area contributed by atoms with Crippen LogP contribution in [0.25, 0.3) is 0 Å². The summed E-state index contributed by atoms with van der Waals surface area (Å²) in [6.45, 7) is 6.73. The molecule has 0 spiro atoms. The van der Waals surface area contributed by atoms with Crippen LogP contribution in [0.4, 0.5) is 10.7 Å². The summed E-state index contributed by atoms with van der Waals surface area (Å²) in [5, 5.41) is 31.3. The minimum atomic E-state index is -0.674. The number of nitriles is 1. The van der Waals surface area contributed by atoms with Crippen LogP contribution in [0.15, 0.2) is 17.1 Å². The van der Waals surface area contributed by atoms with Gasteiger partial charge in [0.1, 0.15) is 11.1 Å². The van der Waals surface area contributed by atoms with E-state index >= 15 is 0 Å². The molecule has 1 atom stereocenters. The molecule has 8 heteroatoms. The molecule has 0 saturated heterocycles. The van der Waals surface area contributed by atoms with Gasteiger partial charge in [-0.3, -0.25) is 10.1 Å². The predicted molar refractivity (Wildman–Crippen MR) is 113 cm³/mol. The molecule has 0 amide bonds. The number of hydrogen-bond donors (Lipinski definition) is 1. The third kappa shape index (κ3) is 4.10. The number of aromatic hydroxyl groups is 1. The summed E-state index contributed by atoms with van der Waals surface area (Å²) in [5.74, 6) is 0.0351. The Morgan fingerprint density at radius 1 is 1.45 bits per heavy atom. The van der Waals surface area contributed by atoms with Gasteiger partial charge in [0, 0.05) is 22.7 Å². The second-order valence-corrected chi connectivity index (χ2v) is 9.29. The highest BCUT2D eigenvalue weighted by Crippen LogP contribution is 2.45. The molecule has 1 heterocycles. The summed E-state index contributed by atoms with van der Waals surface area (Å²) in [6, 6.07) is 4.98. The molecule has 29 heavy (non-hydrogen) atoms. The number of benzene rings is 1. The Hall–Kier alpha value is -2.92. The maximum Gasteiger partial charge on any atom is 0.315 e. The fourth-order valence-electron chi connectivity index (χ4n) is 3.63. The number of hydrogen-bond acceptors (Lipinski definition) is 7. The van der Waals surface area contributed by atoms with E-state index in [1.807, 2.05) is 0 Å². The Bertz CT molecular complexity index is 1030. The minimum absolute atomic E-state index is 0.000324. The molecule has 1 aromatic heterocycles. The van der Waals surface area contributed by atoms with Gasteiger partial charge in [-0.25, -0.2) is 4.99 Å². The molecule has 7 nitrogen and oxygen atoms in total. The van der Waals surface area contributed by atoms with Crippen molar-refractivity contribution in [2.45, 2.75) is 40.0 Å². The lowest BCUT2D eigenvalue weighted by atomic mass is 9.72. The van der Waals surface area contributed by atoms with Crippen LogP contribution in [-0.4, -0.2) is 23.4 Å². The minimum Gasteiger partial charge on any atom is -0.500 e. The number of aliphatic imine (C=N–C) groups is 1. The van der Waals surface area contributed by atoms with Crippen LogP contribution in [0.1, 0.15) is 48.8 Å². The van der Waals surface area contributed by atoms with Crippen LogP contribution in [0.3, 0.4) is 0 Å². The molecule has 1 aliphatic rings. The topological polar surface area (TPSA) is 109 Å². The van der Waals surface area contributed by atoms with E-state index < -0.39 is 16.4 Å². The van der Waals surface area contributed by atoms with E-state index in [9.17, 15) is 20.5 Å². The number of thiophene rings is 1. The van der Waals surface area contributed by atoms with Crippen molar-refractivity contribution >= 4 is 28.2 Å². The van der Waals surface area contributed by atoms with Crippen molar-refractivity contribution in [2.75, 3.05) is 7.11 Å². The van der Waals surface area contributed by atoms with E-state index in [-0.39, 0.29) is 11.2 Å². The van der Waals surface area contributed by atoms with Crippen LogP contribution < -0.4 is 4.74 Å². The van der Waals surface area contributed by atoms with Crippen molar-refractivity contribution in [1.82, 2.24) is 0 Å². The van der Waals surface area contributed by atoms with E-state index in [4.69, 9.17) is 4.74 Å². The van der Waals surface area contributed by atoms with Gasteiger partial charge in [-0.05, 0) is 42.2 Å². The quantitative estimate of drug-likeness (QED) is 0.424. The van der Waals surface area contributed by atoms with E-state index in [2.05, 4.69) is 31.8 Å². The standard InChI is InChI=1S/C21H23N3O4S/c1-21(2,3)13-5-6-14-15(10-22)20(29-18(14)9-13)23-11-12-7-16(24(26)27)19(25)17(8-12)28-4/h7-8,11,13,25H,5-6,9H2,1-4H3/t13-/m0/s1. The zero-order valence-corrected chi connectivity index (χ0v) is 17.7. The first-order valence-corrected chi connectivity index (χ1v) is 10.1. The Balaban J connectivity index is 1.97. The number of ether oxygens (including phenoxy) is 1. The first kappa shape index (κ1) is 20.8. The van der Waals surface area contributed by atoms with Gasteiger partial charge in [-0.2, -0.15) is 5.26 Å². The lowest BCUT2D eigenvalue weighted by molar-refractivity contribution is -0.386. The number of nitro benzene ring substituents is 1. The van der Waals surface area contributed by atoms with Gasteiger partial charge >= 0.3 is 5.69 Å². The second kappa shape index (κ2) is 7.84. The van der Waals surface area contributed by atoms with Gasteiger partial charge in [0.05, 0.1) is 17.6 Å². The van der Waals surface area contributed by atoms with Crippen molar-refractivity contribution in [3.05, 3.63) is 43.8 Å². The fraction of sp³-hybridized carbons (Fsp3) is 0.429. The van der Waals surface area contributed by atoms with E-state index in [0.717, 1.165) is 24.8 Å². The molecule has 0 fully saturated rings. The third-order valence-electron chi connectivity index (χ3n) is 5.41. The summed E-state index contributed by atoms with van der Waals surface area (Å²) >= 11 is 1.51. The number of phenols is 1. The average molecular weight is 413 g/mol. The van der Waals surface area contributed by atoms with Gasteiger partial charge in [-0.15, -0.1) is 11.3 Å². The summed E-state index contributed by atoms with van der Waals surface area (Å²) in [4.78, 5) is 16.2. The van der Waals surface area contributed by atoms with Gasteiger partial charge in [0.15, 0.2) is 5.75 Å². The molecule has 0 saturated carbocycles. The van der Waals surface area contributed by atoms with Crippen LogP contribution in [0.5, 0.6) is 11.5 Å². The van der Waals surface area contributed by atoms with Crippen molar-refractivity contribution in [1.29, 1.82) is 5.26 Å². The number of rotatable bonds is 4. The number of nitrogens with zero attached hydrogens (tertiary/aromatic N) is 3. The second-order valence-electron chi connectivity index (χ2n) is 8.21. The normalized spacial score (nSPS) is 16.4. The van der Waals surface area contributed by atoms with Crippen molar-refractivity contribution in [3.8, 4) is 17.6 Å². The Labute approximate surface area is 173 Å². The molecule has 2 aromatic rings. The lowest BCUT2D eigenvalue weighted by Gasteiger charge is -2.33. The zero-order valence-electron chi connectivity index (χ0n) is 16.9. The van der Waals surface area contributed by atoms with Gasteiger partial charge in [0.2, 0.25) is 5.75 Å². The number of phenolic OH excluding ortho intramolecular Hbond substituents is 1. The summed E-state index contributed by atoms with van der Waals surface area (Å²) in [6.07, 6.45) is 4.32. The molecule has 0 unspecified atom stereocenters. The smallest absolute Gasteiger partial charge is 0.315 e. The summed E-state index contributed by atoms with van der Waals surface area (Å²) in [5.41, 5.74) is 1.84. The van der Waals surface area contributed by atoms with Crippen LogP contribution in [-0.2, 0) is 12.8 Å². The van der Waals surface area contributed by atoms with Gasteiger partial charge in [0.25, 0.3) is 0 Å². The lowest BCUT2D eigenvalue weighted by Crippen LogP contribution is -2.26. The zero-order chi connectivity index (χ0) is 21.3. The fourth-order valence-corrected chi connectivity index (χ4v) is 4.85. The molecule has 1 aromatic carbocycles. The molecule has 1 N–H and O–H groups in total. The highest BCUT2D eigenvalue weighted by Gasteiger charge is 2.32. The predicted octanol–water partition coefficient (Wildman–Crippen LogP) is 5.14. The SMILES string of the molecule is COc1cc(C=Nc2sc3c(c2C#N)CC[C@H](C(C)(C)C)C3)cc([N+](=O)[O-])c1O. The van der Waals surface area contributed by atoms with E-state index in [0.29, 0.717) is 22.0 Å². The van der Waals surface area contributed by atoms with Crippen molar-refractivity contribution in [3.63, 3.8) is 0 Å². The van der Waals surface area contributed by atoms with Crippen molar-refractivity contribution < 1.29 is 14.8 Å². The van der Waals surface area contributed by atoms with Gasteiger partial charge in [-0.1, -0.05) is 20.8 Å². The highest BCUT2D eigenvalue weighted by molar-refractivity contribution is 7.16. The summed E-state index contributed by atoms with van der Waals surface area (Å²) < 4.78 is 5.02. The molecular weight excluding hydrogens is 390 g/mol. The van der Waals surface area contributed by atoms with Crippen LogP contribution in [0.2, 0.25) is 0 Å². The van der Waals surface area contributed by atoms with Crippen LogP contribution >= 0.6 is 11.3 Å². The molecule has 1 aliphatic carbocycles. The number of fused-ring (bicyclic) bond motifs is 1. The molecule has 0 bridgehead atoms. The Kier molecular flexibility index (Phi) is 5.62. The maximum atomic E-state index is 11.2. The summed E-state index contributed by atoms with van der Waals surface area (Å²) in [7, 11) is 1.33. The maximum absolute atomic E-state index is 11.2.